The first-order valence-corrected chi connectivity index (χ1v) is 6.81. The molecular weight excluding hydrogens is 220 g/mol. The number of thioether (sulfide) groups is 1. The molecule has 0 radical (unpaired) electrons. The van der Waals surface area contributed by atoms with Gasteiger partial charge in [0.25, 0.3) is 0 Å². The van der Waals surface area contributed by atoms with Gasteiger partial charge in [-0.2, -0.15) is 16.7 Å². The molecule has 1 rings (SSSR count). The molecule has 0 bridgehead atoms. The molecule has 0 spiro atoms. The molecule has 1 heterocycles. The van der Waals surface area contributed by atoms with Crippen LogP contribution in [0.4, 0.5) is 11.8 Å². The summed E-state index contributed by atoms with van der Waals surface area (Å²) in [4.78, 5) is 8.54. The van der Waals surface area contributed by atoms with Crippen molar-refractivity contribution in [3.8, 4) is 0 Å². The fourth-order valence-corrected chi connectivity index (χ4v) is 2.04. The molecule has 16 heavy (non-hydrogen) atoms. The maximum atomic E-state index is 4.38. The summed E-state index contributed by atoms with van der Waals surface area (Å²) in [6.45, 7) is 5.20. The summed E-state index contributed by atoms with van der Waals surface area (Å²) in [6, 6.07) is 0. The molecule has 0 aliphatic rings. The molecule has 1 aromatic heterocycles. The van der Waals surface area contributed by atoms with E-state index in [4.69, 9.17) is 0 Å². The minimum Gasteiger partial charge on any atom is -0.369 e. The molecule has 0 aliphatic heterocycles. The van der Waals surface area contributed by atoms with Gasteiger partial charge >= 0.3 is 0 Å². The van der Waals surface area contributed by atoms with Crippen LogP contribution >= 0.6 is 11.8 Å². The molecule has 0 amide bonds. The number of nitrogens with zero attached hydrogens (tertiary/aromatic N) is 2. The van der Waals surface area contributed by atoms with Crippen molar-refractivity contribution < 1.29 is 0 Å². The Balaban J connectivity index is 2.58. The number of hydrogen-bond acceptors (Lipinski definition) is 5. The predicted molar refractivity (Wildman–Crippen MR) is 72.4 cm³/mol. The van der Waals surface area contributed by atoms with Gasteiger partial charge in [-0.25, -0.2) is 4.98 Å². The average Bonchev–Trinajstić information content (AvgIpc) is 2.28. The zero-order valence-corrected chi connectivity index (χ0v) is 11.2. The second-order valence-electron chi connectivity index (χ2n) is 3.92. The summed E-state index contributed by atoms with van der Waals surface area (Å²) in [5, 5.41) is 6.31. The van der Waals surface area contributed by atoms with Crippen LogP contribution in [0.3, 0.4) is 0 Å². The Morgan fingerprint density at radius 2 is 2.25 bits per heavy atom. The third kappa shape index (κ3) is 3.89. The van der Waals surface area contributed by atoms with Gasteiger partial charge < -0.3 is 10.6 Å². The predicted octanol–water partition coefficient (Wildman–Crippen LogP) is 2.24. The fraction of sp³-hybridized carbons (Fsp3) is 0.636. The van der Waals surface area contributed by atoms with Crippen LogP contribution in [0.15, 0.2) is 6.20 Å². The summed E-state index contributed by atoms with van der Waals surface area (Å²) in [5.74, 6) is 3.39. The third-order valence-electron chi connectivity index (χ3n) is 2.26. The van der Waals surface area contributed by atoms with Crippen LogP contribution in [0.2, 0.25) is 0 Å². The van der Waals surface area contributed by atoms with Crippen LogP contribution in [0.1, 0.15) is 12.5 Å². The lowest BCUT2D eigenvalue weighted by Gasteiger charge is -2.13. The van der Waals surface area contributed by atoms with Gasteiger partial charge in [0.2, 0.25) is 5.95 Å². The van der Waals surface area contributed by atoms with Gasteiger partial charge in [-0.15, -0.1) is 0 Å². The second kappa shape index (κ2) is 6.58. The van der Waals surface area contributed by atoms with E-state index in [1.807, 2.05) is 31.9 Å². The monoisotopic (exact) mass is 240 g/mol. The molecule has 0 aromatic carbocycles. The highest BCUT2D eigenvalue weighted by Gasteiger charge is 2.05. The van der Waals surface area contributed by atoms with E-state index in [0.717, 1.165) is 23.7 Å². The van der Waals surface area contributed by atoms with Crippen LogP contribution in [0, 0.1) is 12.8 Å². The number of nitrogens with one attached hydrogen (secondary N) is 2. The molecule has 0 saturated heterocycles. The number of rotatable bonds is 6. The lowest BCUT2D eigenvalue weighted by molar-refractivity contribution is 0.699. The topological polar surface area (TPSA) is 49.8 Å². The van der Waals surface area contributed by atoms with E-state index in [1.165, 1.54) is 0 Å². The van der Waals surface area contributed by atoms with Crippen molar-refractivity contribution in [2.24, 2.45) is 5.92 Å². The van der Waals surface area contributed by atoms with E-state index in [1.54, 1.807) is 0 Å². The van der Waals surface area contributed by atoms with Gasteiger partial charge in [-0.05, 0) is 24.9 Å². The average molecular weight is 240 g/mol. The maximum Gasteiger partial charge on any atom is 0.224 e. The van der Waals surface area contributed by atoms with Crippen molar-refractivity contribution in [3.05, 3.63) is 11.8 Å². The summed E-state index contributed by atoms with van der Waals surface area (Å²) >= 11 is 1.87. The van der Waals surface area contributed by atoms with Crippen LogP contribution < -0.4 is 10.6 Å². The lowest BCUT2D eigenvalue weighted by Crippen LogP contribution is -2.15. The fourth-order valence-electron chi connectivity index (χ4n) is 1.36. The van der Waals surface area contributed by atoms with Gasteiger partial charge in [0.1, 0.15) is 5.82 Å². The molecule has 1 unspecified atom stereocenters. The smallest absolute Gasteiger partial charge is 0.224 e. The van der Waals surface area contributed by atoms with E-state index < -0.39 is 0 Å². The minimum atomic E-state index is 0.641. The molecule has 0 saturated carbocycles. The van der Waals surface area contributed by atoms with Crippen molar-refractivity contribution in [2.45, 2.75) is 13.8 Å². The quantitative estimate of drug-likeness (QED) is 0.798. The molecule has 2 N–H and O–H groups in total. The maximum absolute atomic E-state index is 4.38. The zero-order valence-electron chi connectivity index (χ0n) is 10.4. The first-order valence-electron chi connectivity index (χ1n) is 5.41. The Morgan fingerprint density at radius 3 is 2.88 bits per heavy atom. The highest BCUT2D eigenvalue weighted by atomic mass is 32.2. The Labute approximate surface area is 102 Å². The first-order chi connectivity index (χ1) is 7.67. The van der Waals surface area contributed by atoms with Crippen molar-refractivity contribution >= 4 is 23.5 Å². The summed E-state index contributed by atoms with van der Waals surface area (Å²) in [7, 11) is 1.82. The van der Waals surface area contributed by atoms with Crippen molar-refractivity contribution in [2.75, 3.05) is 36.2 Å². The molecule has 1 aromatic rings. The number of anilines is 2. The first kappa shape index (κ1) is 13.1. The molecular formula is C11H20N4S. The van der Waals surface area contributed by atoms with Gasteiger partial charge in [0, 0.05) is 25.4 Å². The largest absolute Gasteiger partial charge is 0.369 e. The molecule has 4 nitrogen and oxygen atoms in total. The van der Waals surface area contributed by atoms with Gasteiger partial charge in [-0.3, -0.25) is 0 Å². The van der Waals surface area contributed by atoms with Crippen LogP contribution in [-0.2, 0) is 0 Å². The SMILES string of the molecule is CNc1ncc(C)c(NCC(C)CSC)n1. The van der Waals surface area contributed by atoms with Crippen molar-refractivity contribution in [3.63, 3.8) is 0 Å². The van der Waals surface area contributed by atoms with Crippen molar-refractivity contribution in [1.82, 2.24) is 9.97 Å². The summed E-state index contributed by atoms with van der Waals surface area (Å²) < 4.78 is 0. The van der Waals surface area contributed by atoms with Gasteiger partial charge in [0.05, 0.1) is 0 Å². The van der Waals surface area contributed by atoms with E-state index in [2.05, 4.69) is 33.8 Å². The Morgan fingerprint density at radius 1 is 1.50 bits per heavy atom. The van der Waals surface area contributed by atoms with E-state index >= 15 is 0 Å². The van der Waals surface area contributed by atoms with E-state index in [-0.39, 0.29) is 0 Å². The molecule has 0 aliphatic carbocycles. The van der Waals surface area contributed by atoms with E-state index in [0.29, 0.717) is 11.9 Å². The van der Waals surface area contributed by atoms with Gasteiger partial charge in [-0.1, -0.05) is 6.92 Å². The van der Waals surface area contributed by atoms with Crippen LogP contribution in [0.25, 0.3) is 0 Å². The summed E-state index contributed by atoms with van der Waals surface area (Å²) in [6.07, 6.45) is 3.96. The lowest BCUT2D eigenvalue weighted by atomic mass is 10.2. The summed E-state index contributed by atoms with van der Waals surface area (Å²) in [5.41, 5.74) is 1.08. The highest BCUT2D eigenvalue weighted by Crippen LogP contribution is 2.13. The number of hydrogen-bond donors (Lipinski definition) is 2. The van der Waals surface area contributed by atoms with E-state index in [9.17, 15) is 0 Å². The normalized spacial score (nSPS) is 12.2. The number of aryl methyl sites for hydroxylation is 1. The molecule has 1 atom stereocenters. The Bertz CT molecular complexity index is 330. The van der Waals surface area contributed by atoms with Crippen LogP contribution in [0.5, 0.6) is 0 Å². The molecule has 0 fully saturated rings. The Hall–Kier alpha value is -0.970. The van der Waals surface area contributed by atoms with Crippen molar-refractivity contribution in [1.29, 1.82) is 0 Å². The highest BCUT2D eigenvalue weighted by molar-refractivity contribution is 7.98. The van der Waals surface area contributed by atoms with Gasteiger partial charge in [0.15, 0.2) is 0 Å². The Kier molecular flexibility index (Phi) is 5.38. The molecule has 5 heteroatoms. The zero-order chi connectivity index (χ0) is 12.0. The standard InChI is InChI=1S/C11H20N4S/c1-8(7-16-4)5-13-10-9(2)6-14-11(12-3)15-10/h6,8H,5,7H2,1-4H3,(H2,12,13,14,15). The molecule has 90 valence electrons. The van der Waals surface area contributed by atoms with Crippen LogP contribution in [-0.4, -0.2) is 35.6 Å². The number of aromatic nitrogens is 2. The second-order valence-corrected chi connectivity index (χ2v) is 4.83. The third-order valence-corrected chi connectivity index (χ3v) is 3.17. The minimum absolute atomic E-state index is 0.641.